The molecule has 8 heteroatoms. The van der Waals surface area contributed by atoms with Crippen molar-refractivity contribution in [2.45, 2.75) is 31.6 Å². The van der Waals surface area contributed by atoms with Crippen LogP contribution in [0.25, 0.3) is 0 Å². The zero-order chi connectivity index (χ0) is 17.9. The number of anilines is 1. The fourth-order valence-corrected chi connectivity index (χ4v) is 5.57. The van der Waals surface area contributed by atoms with E-state index in [1.165, 1.54) is 10.7 Å². The summed E-state index contributed by atoms with van der Waals surface area (Å²) in [6.07, 6.45) is 1.34. The van der Waals surface area contributed by atoms with Crippen LogP contribution in [0.15, 0.2) is 39.8 Å². The van der Waals surface area contributed by atoms with Gasteiger partial charge in [-0.2, -0.15) is 5.10 Å². The van der Waals surface area contributed by atoms with Crippen LogP contribution < -0.4 is 4.90 Å². The van der Waals surface area contributed by atoms with E-state index in [4.69, 9.17) is 11.6 Å². The summed E-state index contributed by atoms with van der Waals surface area (Å²) in [7, 11) is -3.97. The summed E-state index contributed by atoms with van der Waals surface area (Å²) in [5, 5.41) is 4.48. The van der Waals surface area contributed by atoms with E-state index in [0.29, 0.717) is 40.8 Å². The minimum absolute atomic E-state index is 0.0792. The van der Waals surface area contributed by atoms with Gasteiger partial charge in [0.15, 0.2) is 4.91 Å². The maximum Gasteiger partial charge on any atom is 0.292 e. The Morgan fingerprint density at radius 1 is 1.24 bits per heavy atom. The number of hydrogen-bond acceptors (Lipinski definition) is 5. The molecule has 0 bridgehead atoms. The van der Waals surface area contributed by atoms with E-state index in [2.05, 4.69) is 5.10 Å². The van der Waals surface area contributed by atoms with E-state index in [0.717, 1.165) is 6.42 Å². The minimum atomic E-state index is -3.97. The number of aryl methyl sites for hydroxylation is 2. The molecule has 2 aliphatic heterocycles. The lowest BCUT2D eigenvalue weighted by Crippen LogP contribution is -2.33. The van der Waals surface area contributed by atoms with Gasteiger partial charge in [0.05, 0.1) is 16.3 Å². The predicted molar refractivity (Wildman–Crippen MR) is 94.6 cm³/mol. The summed E-state index contributed by atoms with van der Waals surface area (Å²) in [6, 6.07) is 6.52. The van der Waals surface area contributed by atoms with E-state index in [9.17, 15) is 13.2 Å². The molecule has 0 spiro atoms. The fourth-order valence-electron chi connectivity index (χ4n) is 3.54. The molecule has 0 amide bonds. The van der Waals surface area contributed by atoms with Gasteiger partial charge < -0.3 is 4.90 Å². The number of halogens is 1. The Labute approximate surface area is 150 Å². The largest absolute Gasteiger partial charge is 0.343 e. The summed E-state index contributed by atoms with van der Waals surface area (Å²) in [5.74, 6) is -0.613. The van der Waals surface area contributed by atoms with Crippen molar-refractivity contribution in [3.63, 3.8) is 0 Å². The first-order chi connectivity index (χ1) is 11.8. The van der Waals surface area contributed by atoms with Crippen molar-refractivity contribution in [2.24, 2.45) is 0 Å². The first-order valence-electron chi connectivity index (χ1n) is 7.94. The molecule has 1 saturated heterocycles. The number of sulfone groups is 1. The Hall–Kier alpha value is -2.12. The molecule has 25 heavy (non-hydrogen) atoms. The molecular formula is C17H16ClN3O3S. The average molecular weight is 378 g/mol. The third-order valence-corrected chi connectivity index (χ3v) is 6.64. The smallest absolute Gasteiger partial charge is 0.292 e. The topological polar surface area (TPSA) is 72.3 Å². The van der Waals surface area contributed by atoms with Gasteiger partial charge in [-0.15, -0.1) is 0 Å². The maximum atomic E-state index is 13.2. The Kier molecular flexibility index (Phi) is 3.56. The lowest BCUT2D eigenvalue weighted by atomic mass is 10.2. The van der Waals surface area contributed by atoms with E-state index in [-0.39, 0.29) is 9.80 Å². The van der Waals surface area contributed by atoms with Crippen molar-refractivity contribution >= 4 is 33.0 Å². The van der Waals surface area contributed by atoms with E-state index in [1.807, 2.05) is 4.90 Å². The summed E-state index contributed by atoms with van der Waals surface area (Å²) in [4.78, 5) is 14.9. The van der Waals surface area contributed by atoms with Crippen molar-refractivity contribution in [1.29, 1.82) is 0 Å². The second kappa shape index (κ2) is 5.44. The van der Waals surface area contributed by atoms with E-state index >= 15 is 0 Å². The lowest BCUT2D eigenvalue weighted by molar-refractivity contribution is 0.0944. The number of hydrogen-bond donors (Lipinski definition) is 0. The van der Waals surface area contributed by atoms with Gasteiger partial charge in [-0.05, 0) is 51.0 Å². The van der Waals surface area contributed by atoms with Gasteiger partial charge in [-0.3, -0.25) is 4.79 Å². The zero-order valence-corrected chi connectivity index (χ0v) is 15.4. The fraction of sp³-hybridized carbons (Fsp3) is 0.294. The van der Waals surface area contributed by atoms with Gasteiger partial charge in [0.2, 0.25) is 9.84 Å². The van der Waals surface area contributed by atoms with Crippen LogP contribution in [0, 0.1) is 13.8 Å². The number of benzene rings is 1. The molecule has 2 aromatic rings. The van der Waals surface area contributed by atoms with Crippen molar-refractivity contribution < 1.29 is 13.2 Å². The molecule has 1 fully saturated rings. The number of carbonyl (C=O) groups excluding carboxylic acids is 1. The first kappa shape index (κ1) is 16.4. The van der Waals surface area contributed by atoms with Gasteiger partial charge >= 0.3 is 0 Å². The highest BCUT2D eigenvalue weighted by Gasteiger charge is 2.42. The highest BCUT2D eigenvalue weighted by molar-refractivity contribution is 7.96. The minimum Gasteiger partial charge on any atom is -0.343 e. The second-order valence-corrected chi connectivity index (χ2v) is 8.58. The number of aromatic nitrogens is 2. The standard InChI is InChI=1S/C17H16ClN3O3S/c1-10-8-11(2)21(19-10)17(22)16-14-4-3-7-20(14)13-6-5-12(18)9-15(13)25(16,23)24/h5-6,8-9H,3-4,7H2,1-2H3. The summed E-state index contributed by atoms with van der Waals surface area (Å²) in [5.41, 5.74) is 2.40. The molecular weight excluding hydrogens is 362 g/mol. The van der Waals surface area contributed by atoms with Crippen molar-refractivity contribution in [2.75, 3.05) is 11.4 Å². The van der Waals surface area contributed by atoms with Crippen molar-refractivity contribution in [1.82, 2.24) is 9.78 Å². The molecule has 0 aliphatic carbocycles. The van der Waals surface area contributed by atoms with Crippen LogP contribution in [0.1, 0.15) is 29.0 Å². The number of rotatable bonds is 1. The molecule has 4 rings (SSSR count). The van der Waals surface area contributed by atoms with E-state index < -0.39 is 15.7 Å². The van der Waals surface area contributed by atoms with Gasteiger partial charge in [0.1, 0.15) is 0 Å². The van der Waals surface area contributed by atoms with E-state index in [1.54, 1.807) is 32.0 Å². The lowest BCUT2D eigenvalue weighted by Gasteiger charge is -2.30. The monoisotopic (exact) mass is 377 g/mol. The molecule has 3 heterocycles. The Balaban J connectivity index is 1.98. The van der Waals surface area contributed by atoms with Crippen LogP contribution in [-0.2, 0) is 9.84 Å². The highest BCUT2D eigenvalue weighted by Crippen LogP contribution is 2.44. The zero-order valence-electron chi connectivity index (χ0n) is 13.8. The maximum absolute atomic E-state index is 13.2. The Bertz CT molecular complexity index is 1050. The molecule has 0 radical (unpaired) electrons. The first-order valence-corrected chi connectivity index (χ1v) is 9.80. The number of fused-ring (bicyclic) bond motifs is 3. The van der Waals surface area contributed by atoms with Crippen LogP contribution in [0.5, 0.6) is 0 Å². The summed E-state index contributed by atoms with van der Waals surface area (Å²) >= 11 is 6.02. The quantitative estimate of drug-likeness (QED) is 0.763. The predicted octanol–water partition coefficient (Wildman–Crippen LogP) is 3.09. The second-order valence-electron chi connectivity index (χ2n) is 6.29. The van der Waals surface area contributed by atoms with Gasteiger partial charge in [-0.1, -0.05) is 11.6 Å². The summed E-state index contributed by atoms with van der Waals surface area (Å²) < 4.78 is 27.6. The number of allylic oxidation sites excluding steroid dienone is 2. The molecule has 0 N–H and O–H groups in total. The van der Waals surface area contributed by atoms with Crippen molar-refractivity contribution in [3.8, 4) is 0 Å². The van der Waals surface area contributed by atoms with Crippen LogP contribution in [0.2, 0.25) is 5.02 Å². The van der Waals surface area contributed by atoms with Crippen LogP contribution in [0.4, 0.5) is 5.69 Å². The molecule has 0 unspecified atom stereocenters. The van der Waals surface area contributed by atoms with Crippen LogP contribution in [0.3, 0.4) is 0 Å². The van der Waals surface area contributed by atoms with Gasteiger partial charge in [0.25, 0.3) is 5.91 Å². The van der Waals surface area contributed by atoms with Crippen molar-refractivity contribution in [3.05, 3.63) is 51.3 Å². The molecule has 1 aromatic carbocycles. The highest BCUT2D eigenvalue weighted by atomic mass is 35.5. The van der Waals surface area contributed by atoms with Gasteiger partial charge in [-0.25, -0.2) is 13.1 Å². The molecule has 0 atom stereocenters. The third kappa shape index (κ3) is 2.33. The van der Waals surface area contributed by atoms with Gasteiger partial charge in [0, 0.05) is 23.0 Å². The molecule has 0 saturated carbocycles. The number of nitrogens with zero attached hydrogens (tertiary/aromatic N) is 3. The molecule has 2 aliphatic rings. The van der Waals surface area contributed by atoms with Crippen LogP contribution >= 0.6 is 11.6 Å². The van der Waals surface area contributed by atoms with Crippen LogP contribution in [-0.4, -0.2) is 30.7 Å². The SMILES string of the molecule is Cc1cc(C)n(C(=O)C2=C3CCCN3c3ccc(Cl)cc3S2(=O)=O)n1. The molecule has 1 aromatic heterocycles. The Morgan fingerprint density at radius 3 is 2.68 bits per heavy atom. The molecule has 6 nitrogen and oxygen atoms in total. The third-order valence-electron chi connectivity index (χ3n) is 4.55. The molecule has 130 valence electrons. The average Bonchev–Trinajstić information content (AvgIpc) is 3.13. The normalized spacial score (nSPS) is 18.3. The summed E-state index contributed by atoms with van der Waals surface area (Å²) in [6.45, 7) is 4.17. The number of carbonyl (C=O) groups is 1. The Morgan fingerprint density at radius 2 is 2.00 bits per heavy atom.